The van der Waals surface area contributed by atoms with Crippen molar-refractivity contribution in [2.24, 2.45) is 11.8 Å². The number of hydrogen-bond donors (Lipinski definition) is 4. The number of esters is 6. The molecule has 11 rings (SSSR count). The zero-order valence-electron chi connectivity index (χ0n) is 78.9. The predicted octanol–water partition coefficient (Wildman–Crippen LogP) is 7.86. The first-order valence-corrected chi connectivity index (χ1v) is 44.4. The maximum atomic E-state index is 15.1. The number of carbonyl (C=O) groups excluding carboxylic acids is 12. The summed E-state index contributed by atoms with van der Waals surface area (Å²) in [6.07, 6.45) is -12.3. The van der Waals surface area contributed by atoms with Gasteiger partial charge in [-0.15, -0.1) is 0 Å². The van der Waals surface area contributed by atoms with Gasteiger partial charge in [-0.05, 0) is 129 Å². The monoisotopic (exact) mass is 1920 g/mol. The van der Waals surface area contributed by atoms with E-state index in [1.807, 2.05) is 0 Å². The highest BCUT2D eigenvalue weighted by atomic mass is 16.7. The van der Waals surface area contributed by atoms with Gasteiger partial charge in [-0.3, -0.25) is 43.2 Å². The van der Waals surface area contributed by atoms with Crippen LogP contribution in [0.3, 0.4) is 0 Å². The molecule has 0 spiro atoms. The third kappa shape index (κ3) is 27.0. The highest BCUT2D eigenvalue weighted by molar-refractivity contribution is 6.08. The lowest BCUT2D eigenvalue weighted by molar-refractivity contribution is -0.263. The number of rotatable bonds is 45. The molecule has 0 aliphatic carbocycles. The molecule has 0 saturated carbocycles. The van der Waals surface area contributed by atoms with Gasteiger partial charge in [-0.2, -0.15) is 0 Å². The molecule has 5 amide bonds. The molecule has 137 heavy (non-hydrogen) atoms. The Morgan fingerprint density at radius 1 is 0.489 bits per heavy atom. The van der Waals surface area contributed by atoms with E-state index in [0.717, 1.165) is 36.3 Å². The average molecular weight is 1920 g/mol. The summed E-state index contributed by atoms with van der Waals surface area (Å²) >= 11 is 0. The fraction of sp³-hybridized carbons (Fsp3) is 0.516. The highest BCUT2D eigenvalue weighted by Gasteiger charge is 2.54. The molecule has 4 N–H and O–H groups in total. The predicted molar refractivity (Wildman–Crippen MR) is 477 cm³/mol. The first kappa shape index (κ1) is 105. The number of aliphatic hydroxyl groups is 2. The molecule has 6 aliphatic rings. The molecule has 6 aliphatic heterocycles. The summed E-state index contributed by atoms with van der Waals surface area (Å²) < 4.78 is 122. The topological polar surface area (TPSA) is 485 Å². The number of ether oxygens (including phenoxy) is 21. The van der Waals surface area contributed by atoms with Crippen LogP contribution in [0.25, 0.3) is 0 Å². The van der Waals surface area contributed by atoms with Crippen LogP contribution in [0.4, 0.5) is 21.0 Å². The number of ketones is 1. The van der Waals surface area contributed by atoms with E-state index in [4.69, 9.17) is 99.6 Å². The number of nitrogens with zero attached hydrogens (tertiary/aromatic N) is 4. The number of nitrogens with one attached hydrogen (secondary N) is 2. The molecule has 0 aromatic heterocycles. The molecular formula is C95H118N6O36. The smallest absolute Gasteiger partial charge is 0.416 e. The van der Waals surface area contributed by atoms with Gasteiger partial charge in [0.15, 0.2) is 48.0 Å². The van der Waals surface area contributed by atoms with Gasteiger partial charge >= 0.3 is 48.0 Å². The molecule has 0 bridgehead atoms. The quantitative estimate of drug-likeness (QED) is 0.00946. The summed E-state index contributed by atoms with van der Waals surface area (Å²) in [5.41, 5.74) is 5.25. The molecule has 42 nitrogen and oxygen atoms in total. The van der Waals surface area contributed by atoms with Gasteiger partial charge in [0, 0.05) is 91.9 Å². The Morgan fingerprint density at radius 3 is 1.56 bits per heavy atom. The third-order valence-corrected chi connectivity index (χ3v) is 22.9. The first-order chi connectivity index (χ1) is 65.6. The number of aryl methyl sites for hydroxylation is 1. The minimum Gasteiger partial charge on any atom is -0.493 e. The molecule has 6 heterocycles. The van der Waals surface area contributed by atoms with Crippen LogP contribution in [0, 0.1) is 18.8 Å². The number of anilines is 2. The van der Waals surface area contributed by atoms with E-state index in [-0.39, 0.29) is 191 Å². The van der Waals surface area contributed by atoms with E-state index in [0.29, 0.717) is 28.7 Å². The maximum absolute atomic E-state index is 15.1. The van der Waals surface area contributed by atoms with E-state index >= 15 is 9.59 Å². The minimum absolute atomic E-state index is 0.0000983. The molecule has 42 heteroatoms. The zero-order valence-corrected chi connectivity index (χ0v) is 78.9. The second kappa shape index (κ2) is 49.4. The second-order valence-corrected chi connectivity index (χ2v) is 33.0. The summed E-state index contributed by atoms with van der Waals surface area (Å²) in [5, 5.41) is 27.8. The molecule has 2 unspecified atom stereocenters. The third-order valence-electron chi connectivity index (χ3n) is 22.9. The Bertz CT molecular complexity index is 5240. The normalized spacial score (nSPS) is 22.0. The van der Waals surface area contributed by atoms with Gasteiger partial charge in [0.1, 0.15) is 68.7 Å². The number of aliphatic hydroxyl groups excluding tert-OH is 2. The molecule has 5 aromatic rings. The van der Waals surface area contributed by atoms with Crippen LogP contribution < -0.4 is 49.0 Å². The minimum atomic E-state index is -1.76. The molecule has 2 saturated heterocycles. The van der Waals surface area contributed by atoms with Crippen LogP contribution in [0.5, 0.6) is 34.5 Å². The van der Waals surface area contributed by atoms with Crippen LogP contribution in [-0.2, 0) is 131 Å². The number of carbonyl (C=O) groups is 12. The van der Waals surface area contributed by atoms with Crippen molar-refractivity contribution in [1.29, 1.82) is 0 Å². The largest absolute Gasteiger partial charge is 0.493 e. The van der Waals surface area contributed by atoms with Crippen molar-refractivity contribution in [1.82, 2.24) is 20.6 Å². The summed E-state index contributed by atoms with van der Waals surface area (Å²) in [6.45, 7) is 14.3. The summed E-state index contributed by atoms with van der Waals surface area (Å²) in [6, 6.07) is 17.3. The van der Waals surface area contributed by atoms with E-state index in [9.17, 15) is 58.2 Å². The molecule has 5 aromatic carbocycles. The van der Waals surface area contributed by atoms with Crippen LogP contribution in [0.1, 0.15) is 157 Å². The molecule has 0 radical (unpaired) electrons. The van der Waals surface area contributed by atoms with E-state index in [1.54, 1.807) is 79.2 Å². The van der Waals surface area contributed by atoms with Crippen molar-refractivity contribution >= 4 is 82.9 Å². The van der Waals surface area contributed by atoms with Gasteiger partial charge in [-0.1, -0.05) is 37.1 Å². The number of methoxy groups -OCH3 is 4. The Labute approximate surface area is 790 Å². The standard InChI is InChI=1S/C95H118N6O36/c1-51-33-72-89(111)100(94(114)128-47-62-19-21-76(69(40-62)86(108)97-22-24-120-30-32-129-96-11)135-92-55(5)82(132-58(8)103)83(133-59(9)104)84(137-92)91(113)119-15)70-42-77(53(3)35-66(70)87(109)98(72)44-51)125-48-63-36-64(38-65(37-63)124-31-29-122-26-25-121-27-28-123-50-80(107)118-14)49-126-79-43-71-67(41-78(79)117-13)88(110)99-45-52(2)34-73(99)90(112)101(71)95(115)127-46-61-18-20-75(68(39-61)74(106)17-16-23-116-12)136-93-85(134-60(10)105)81(131-57(7)102)54(4)56(6)130-93/h18-21,35-45,54-56,72-73,81-85,89-90,92-93,96,111-112H,16-17,22-34,46-50H2,1-15H3,(H,97,108)/t54-,55-,56-,72+,73+,81+,82-,83+,84+,85-,89?,90?,92-,93+/m1/s1. The fourth-order valence-electron chi connectivity index (χ4n) is 16.2. The van der Waals surface area contributed by atoms with Crippen molar-refractivity contribution in [2.45, 2.75) is 195 Å². The van der Waals surface area contributed by atoms with E-state index in [1.165, 1.54) is 106 Å². The number of fused-ring (bicyclic) bond motifs is 4. The zero-order chi connectivity index (χ0) is 99.0. The highest BCUT2D eigenvalue weighted by Crippen LogP contribution is 2.46. The molecule has 2 fully saturated rings. The van der Waals surface area contributed by atoms with Crippen LogP contribution >= 0.6 is 0 Å². The van der Waals surface area contributed by atoms with Crippen molar-refractivity contribution in [2.75, 3.05) is 125 Å². The van der Waals surface area contributed by atoms with Gasteiger partial charge in [0.05, 0.1) is 132 Å². The summed E-state index contributed by atoms with van der Waals surface area (Å²) in [4.78, 5) is 173. The Balaban J connectivity index is 0.873. The first-order valence-electron chi connectivity index (χ1n) is 44.4. The SMILES string of the molecule is CNOCCOCCNC(=O)c1cc(COC(=O)N2c3cc(OCc4cc(COc5cc6c(cc5OC)C(=O)N5C=C(C)C[C@H]5C(O)N6C(=O)OCc5ccc(O[C@@H]6O[C@H](C)[C@@H](C)[C@H](OC(C)=O)[C@H]6OC(C)=O)c(C(=O)CCCOC)c5)cc(OCCOCCOCCOCC(=O)OC)c4)c(C)cc3C(=O)N3C=C(C)C[C@H]3C2O)ccc1O[C@@H]1O[C@H](C(=O)OC)[C@@H](OC(C)=O)[C@H](OC(C)=O)[C@H]1C. The van der Waals surface area contributed by atoms with E-state index in [2.05, 4.69) is 15.5 Å². The van der Waals surface area contributed by atoms with E-state index < -0.39 is 170 Å². The number of Topliss-reactive ketones (excluding diaryl/α,β-unsaturated/α-hetero) is 1. The number of hydroxylamine groups is 1. The maximum Gasteiger partial charge on any atom is 0.416 e. The average Bonchev–Trinajstić information content (AvgIpc) is 1.62. The summed E-state index contributed by atoms with van der Waals surface area (Å²) in [7, 11) is 6.74. The van der Waals surface area contributed by atoms with Crippen LogP contribution in [-0.4, -0.2) is 280 Å². The van der Waals surface area contributed by atoms with Gasteiger partial charge in [0.2, 0.25) is 18.7 Å². The lowest BCUT2D eigenvalue weighted by atomic mass is 9.91. The van der Waals surface area contributed by atoms with Crippen molar-refractivity contribution in [3.05, 3.63) is 152 Å². The Kier molecular flexibility index (Phi) is 37.8. The molecule has 14 atom stereocenters. The molecular weight excluding hydrogens is 1800 g/mol. The van der Waals surface area contributed by atoms with Gasteiger partial charge in [0.25, 0.3) is 17.7 Å². The number of benzene rings is 5. The second-order valence-electron chi connectivity index (χ2n) is 33.0. The van der Waals surface area contributed by atoms with Crippen molar-refractivity contribution in [3.8, 4) is 34.5 Å². The lowest BCUT2D eigenvalue weighted by Gasteiger charge is -2.43. The fourth-order valence-corrected chi connectivity index (χ4v) is 16.2. The number of amides is 5. The molecule has 744 valence electrons. The van der Waals surface area contributed by atoms with Gasteiger partial charge in [-0.25, -0.2) is 34.5 Å². The van der Waals surface area contributed by atoms with Crippen LogP contribution in [0.2, 0.25) is 0 Å². The number of hydrogen-bond acceptors (Lipinski definition) is 37. The summed E-state index contributed by atoms with van der Waals surface area (Å²) in [5.74, 6) is -8.02. The van der Waals surface area contributed by atoms with Crippen molar-refractivity contribution < 1.29 is 172 Å². The van der Waals surface area contributed by atoms with Gasteiger partial charge < -0.3 is 125 Å². The Hall–Kier alpha value is -12.6. The Morgan fingerprint density at radius 2 is 1.00 bits per heavy atom. The lowest BCUT2D eigenvalue weighted by Crippen LogP contribution is -2.60. The van der Waals surface area contributed by atoms with Crippen molar-refractivity contribution in [3.63, 3.8) is 0 Å². The van der Waals surface area contributed by atoms with Crippen LogP contribution in [0.15, 0.2) is 102 Å².